The number of nitrogens with zero attached hydrogens (tertiary/aromatic N) is 3. The average molecular weight is 408 g/mol. The van der Waals surface area contributed by atoms with Crippen molar-refractivity contribution in [2.45, 2.75) is 25.3 Å². The molecule has 2 aromatic rings. The molecule has 2 atom stereocenters. The molecule has 3 heterocycles. The molecule has 0 radical (unpaired) electrons. The van der Waals surface area contributed by atoms with Crippen LogP contribution in [0.4, 0.5) is 10.1 Å². The van der Waals surface area contributed by atoms with Crippen molar-refractivity contribution in [3.05, 3.63) is 48.0 Å². The molecule has 1 amide bonds. The van der Waals surface area contributed by atoms with Crippen molar-refractivity contribution in [2.75, 3.05) is 37.6 Å². The lowest BCUT2D eigenvalue weighted by molar-refractivity contribution is 0.0942. The number of hydrogen-bond donors (Lipinski definition) is 2. The zero-order valence-corrected chi connectivity index (χ0v) is 16.6. The zero-order chi connectivity index (χ0) is 18.6. The monoisotopic (exact) mass is 407 g/mol. The maximum absolute atomic E-state index is 13.1. The van der Waals surface area contributed by atoms with E-state index < -0.39 is 0 Å². The predicted octanol–water partition coefficient (Wildman–Crippen LogP) is 2.62. The summed E-state index contributed by atoms with van der Waals surface area (Å²) in [6, 6.07) is 8.72. The quantitative estimate of drug-likeness (QED) is 0.799. The van der Waals surface area contributed by atoms with Gasteiger partial charge < -0.3 is 15.5 Å². The Morgan fingerprint density at radius 3 is 2.82 bits per heavy atom. The van der Waals surface area contributed by atoms with Gasteiger partial charge in [0.2, 0.25) is 0 Å². The van der Waals surface area contributed by atoms with Gasteiger partial charge in [0.15, 0.2) is 0 Å². The Bertz CT molecular complexity index is 775. The number of nitrogens with one attached hydrogen (secondary N) is 2. The van der Waals surface area contributed by atoms with E-state index in [0.29, 0.717) is 24.2 Å². The van der Waals surface area contributed by atoms with E-state index in [2.05, 4.69) is 20.6 Å². The second-order valence-electron chi connectivity index (χ2n) is 7.47. The van der Waals surface area contributed by atoms with E-state index in [1.165, 1.54) is 12.1 Å². The second kappa shape index (κ2) is 9.39. The molecular formula is C20H27ClFN5O. The normalized spacial score (nSPS) is 22.0. The molecule has 2 aliphatic rings. The third-order valence-corrected chi connectivity index (χ3v) is 5.51. The number of carbonyl (C=O) groups excluding carboxylic acids is 1. The molecule has 28 heavy (non-hydrogen) atoms. The highest BCUT2D eigenvalue weighted by Gasteiger charge is 2.24. The number of hydrogen-bond acceptors (Lipinski definition) is 4. The van der Waals surface area contributed by atoms with Gasteiger partial charge in [0.25, 0.3) is 5.91 Å². The maximum atomic E-state index is 13.1. The minimum absolute atomic E-state index is 0. The number of aromatic nitrogens is 2. The van der Waals surface area contributed by atoms with Gasteiger partial charge in [-0.25, -0.2) is 4.39 Å². The Hall–Kier alpha value is -2.12. The smallest absolute Gasteiger partial charge is 0.271 e. The average Bonchev–Trinajstić information content (AvgIpc) is 3.37. The topological polar surface area (TPSA) is 62.2 Å². The Morgan fingerprint density at radius 2 is 2.07 bits per heavy atom. The SMILES string of the molecule is Cl.O=C(NCC1CCN(c2ccc(F)cc2)C1)c1ccn(C2CCCNC2)n1. The maximum Gasteiger partial charge on any atom is 0.271 e. The van der Waals surface area contributed by atoms with Gasteiger partial charge in [-0.15, -0.1) is 12.4 Å². The number of amides is 1. The highest BCUT2D eigenvalue weighted by molar-refractivity contribution is 5.92. The molecule has 2 fully saturated rings. The van der Waals surface area contributed by atoms with Crippen LogP contribution in [0.2, 0.25) is 0 Å². The number of piperidine rings is 1. The fraction of sp³-hybridized carbons (Fsp3) is 0.500. The van der Waals surface area contributed by atoms with E-state index >= 15 is 0 Å². The van der Waals surface area contributed by atoms with E-state index in [1.54, 1.807) is 6.07 Å². The van der Waals surface area contributed by atoms with Crippen molar-refractivity contribution in [1.29, 1.82) is 0 Å². The van der Waals surface area contributed by atoms with Crippen molar-refractivity contribution in [3.63, 3.8) is 0 Å². The molecule has 6 nitrogen and oxygen atoms in total. The molecule has 152 valence electrons. The summed E-state index contributed by atoms with van der Waals surface area (Å²) in [5.74, 6) is 0.0617. The Kier molecular flexibility index (Phi) is 6.91. The van der Waals surface area contributed by atoms with Crippen LogP contribution in [0.3, 0.4) is 0 Å². The van der Waals surface area contributed by atoms with Gasteiger partial charge in [-0.2, -0.15) is 5.10 Å². The first kappa shape index (κ1) is 20.6. The van der Waals surface area contributed by atoms with Crippen LogP contribution >= 0.6 is 12.4 Å². The largest absolute Gasteiger partial charge is 0.371 e. The van der Waals surface area contributed by atoms with Crippen LogP contribution in [-0.4, -0.2) is 48.4 Å². The lowest BCUT2D eigenvalue weighted by atomic mass is 10.1. The van der Waals surface area contributed by atoms with Gasteiger partial charge in [-0.1, -0.05) is 0 Å². The molecule has 2 unspecified atom stereocenters. The number of benzene rings is 1. The van der Waals surface area contributed by atoms with Gasteiger partial charge in [0.1, 0.15) is 11.5 Å². The van der Waals surface area contributed by atoms with Crippen LogP contribution in [0.5, 0.6) is 0 Å². The molecule has 0 bridgehead atoms. The third-order valence-electron chi connectivity index (χ3n) is 5.51. The molecule has 1 aromatic heterocycles. The highest BCUT2D eigenvalue weighted by Crippen LogP contribution is 2.23. The molecule has 0 saturated carbocycles. The summed E-state index contributed by atoms with van der Waals surface area (Å²) in [5.41, 5.74) is 1.51. The van der Waals surface area contributed by atoms with Gasteiger partial charge in [-0.05, 0) is 62.1 Å². The summed E-state index contributed by atoms with van der Waals surface area (Å²) in [6.07, 6.45) is 5.15. The van der Waals surface area contributed by atoms with Crippen molar-refractivity contribution >= 4 is 24.0 Å². The summed E-state index contributed by atoms with van der Waals surface area (Å²) in [4.78, 5) is 14.7. The summed E-state index contributed by atoms with van der Waals surface area (Å²) < 4.78 is 15.0. The molecule has 1 aromatic carbocycles. The van der Waals surface area contributed by atoms with Crippen LogP contribution in [0.1, 0.15) is 35.8 Å². The molecule has 2 aliphatic heterocycles. The van der Waals surface area contributed by atoms with Crippen molar-refractivity contribution in [1.82, 2.24) is 20.4 Å². The zero-order valence-electron chi connectivity index (χ0n) is 15.8. The van der Waals surface area contributed by atoms with Gasteiger partial charge in [0, 0.05) is 38.1 Å². The number of rotatable bonds is 5. The van der Waals surface area contributed by atoms with Crippen LogP contribution in [-0.2, 0) is 0 Å². The fourth-order valence-electron chi connectivity index (χ4n) is 3.94. The van der Waals surface area contributed by atoms with Gasteiger partial charge in [0.05, 0.1) is 6.04 Å². The van der Waals surface area contributed by atoms with Crippen molar-refractivity contribution in [2.24, 2.45) is 5.92 Å². The molecule has 0 aliphatic carbocycles. The second-order valence-corrected chi connectivity index (χ2v) is 7.47. The van der Waals surface area contributed by atoms with Crippen LogP contribution in [0, 0.1) is 11.7 Å². The first-order valence-corrected chi connectivity index (χ1v) is 9.73. The molecular weight excluding hydrogens is 381 g/mol. The van der Waals surface area contributed by atoms with Crippen LogP contribution in [0.25, 0.3) is 0 Å². The minimum atomic E-state index is -0.217. The highest BCUT2D eigenvalue weighted by atomic mass is 35.5. The number of carbonyl (C=O) groups is 1. The molecule has 4 rings (SSSR count). The molecule has 0 spiro atoms. The van der Waals surface area contributed by atoms with Crippen molar-refractivity contribution in [3.8, 4) is 0 Å². The molecule has 2 N–H and O–H groups in total. The summed E-state index contributed by atoms with van der Waals surface area (Å²) in [5, 5.41) is 10.9. The first-order chi connectivity index (χ1) is 13.2. The van der Waals surface area contributed by atoms with E-state index in [4.69, 9.17) is 0 Å². The summed E-state index contributed by atoms with van der Waals surface area (Å²) in [7, 11) is 0. The lowest BCUT2D eigenvalue weighted by Crippen LogP contribution is -2.33. The molecule has 2 saturated heterocycles. The van der Waals surface area contributed by atoms with E-state index in [1.807, 2.05) is 23.0 Å². The lowest BCUT2D eigenvalue weighted by Gasteiger charge is -2.22. The van der Waals surface area contributed by atoms with Gasteiger partial charge in [-0.3, -0.25) is 9.48 Å². The predicted molar refractivity (Wildman–Crippen MR) is 110 cm³/mol. The Labute approximate surface area is 170 Å². The van der Waals surface area contributed by atoms with Gasteiger partial charge >= 0.3 is 0 Å². The minimum Gasteiger partial charge on any atom is -0.371 e. The van der Waals surface area contributed by atoms with Crippen molar-refractivity contribution < 1.29 is 9.18 Å². The summed E-state index contributed by atoms with van der Waals surface area (Å²) in [6.45, 7) is 4.39. The molecule has 8 heteroatoms. The Morgan fingerprint density at radius 1 is 1.25 bits per heavy atom. The Balaban J connectivity index is 0.00000225. The third kappa shape index (κ3) is 4.83. The number of halogens is 2. The van der Waals surface area contributed by atoms with E-state index in [0.717, 1.165) is 51.1 Å². The van der Waals surface area contributed by atoms with E-state index in [9.17, 15) is 9.18 Å². The van der Waals surface area contributed by atoms with Crippen LogP contribution in [0.15, 0.2) is 36.5 Å². The summed E-state index contributed by atoms with van der Waals surface area (Å²) >= 11 is 0. The first-order valence-electron chi connectivity index (χ1n) is 9.73. The standard InChI is InChI=1S/C20H26FN5O.ClH/c21-16-3-5-17(6-4-16)25-10-7-15(14-25)12-23-20(27)19-8-11-26(24-19)18-2-1-9-22-13-18;/h3-6,8,11,15,18,22H,1-2,7,9-10,12-14H2,(H,23,27);1H. The van der Waals surface area contributed by atoms with Crippen LogP contribution < -0.4 is 15.5 Å². The fourth-order valence-corrected chi connectivity index (χ4v) is 3.94. The van der Waals surface area contributed by atoms with E-state index in [-0.39, 0.29) is 24.1 Å². The number of anilines is 1.